The first-order chi connectivity index (χ1) is 11.3. The molecule has 4 nitrogen and oxygen atoms in total. The molecular weight excluding hydrogens is 363 g/mol. The first kappa shape index (κ1) is 16.8. The van der Waals surface area contributed by atoms with Crippen LogP contribution in [0.15, 0.2) is 34.2 Å². The topological polar surface area (TPSA) is 51.0 Å². The van der Waals surface area contributed by atoms with Crippen molar-refractivity contribution in [3.8, 4) is 11.5 Å². The number of pyridine rings is 1. The smallest absolute Gasteiger partial charge is 0.417 e. The minimum Gasteiger partial charge on any atom is -0.458 e. The number of anilines is 1. The third kappa shape index (κ3) is 3.70. The number of alkyl halides is 3. The number of rotatable bonds is 4. The van der Waals surface area contributed by atoms with Crippen LogP contribution in [0, 0.1) is 6.92 Å². The minimum atomic E-state index is -4.48. The van der Waals surface area contributed by atoms with Gasteiger partial charge in [0.1, 0.15) is 17.3 Å². The van der Waals surface area contributed by atoms with E-state index in [1.54, 1.807) is 12.1 Å². The van der Waals surface area contributed by atoms with Crippen LogP contribution in [0.5, 0.6) is 0 Å². The molecule has 0 bridgehead atoms. The van der Waals surface area contributed by atoms with Crippen LogP contribution in [0.3, 0.4) is 0 Å². The Bertz CT molecular complexity index is 860. The molecule has 3 heterocycles. The first-order valence-electron chi connectivity index (χ1n) is 6.81. The van der Waals surface area contributed by atoms with E-state index in [9.17, 15) is 13.2 Å². The molecule has 0 aliphatic carbocycles. The Morgan fingerprint density at radius 3 is 2.75 bits per heavy atom. The summed E-state index contributed by atoms with van der Waals surface area (Å²) in [6.45, 7) is 2.14. The second-order valence-corrected chi connectivity index (χ2v) is 6.39. The Morgan fingerprint density at radius 2 is 2.12 bits per heavy atom. The van der Waals surface area contributed by atoms with Crippen molar-refractivity contribution in [2.45, 2.75) is 19.6 Å². The lowest BCUT2D eigenvalue weighted by molar-refractivity contribution is -0.137. The molecule has 3 rings (SSSR count). The maximum atomic E-state index is 12.6. The second-order valence-electron chi connectivity index (χ2n) is 4.92. The van der Waals surface area contributed by atoms with Gasteiger partial charge >= 0.3 is 6.18 Å². The fourth-order valence-corrected chi connectivity index (χ4v) is 2.82. The zero-order valence-electron chi connectivity index (χ0n) is 12.3. The molecular formula is C15H11ClF3N3OS. The molecule has 0 spiro atoms. The molecule has 3 aromatic heterocycles. The number of hydrogen-bond acceptors (Lipinski definition) is 5. The van der Waals surface area contributed by atoms with E-state index in [4.69, 9.17) is 16.0 Å². The summed E-state index contributed by atoms with van der Waals surface area (Å²) in [5.41, 5.74) is -0.147. The van der Waals surface area contributed by atoms with Gasteiger partial charge in [0.15, 0.2) is 5.76 Å². The van der Waals surface area contributed by atoms with Gasteiger partial charge in [-0.2, -0.15) is 13.2 Å². The maximum absolute atomic E-state index is 12.6. The molecule has 0 saturated carbocycles. The van der Waals surface area contributed by atoms with E-state index < -0.39 is 11.7 Å². The van der Waals surface area contributed by atoms with Gasteiger partial charge in [-0.1, -0.05) is 11.6 Å². The van der Waals surface area contributed by atoms with Gasteiger partial charge in [0.05, 0.1) is 22.1 Å². The lowest BCUT2D eigenvalue weighted by Gasteiger charge is -2.10. The van der Waals surface area contributed by atoms with Gasteiger partial charge in [-0.05, 0) is 25.1 Å². The number of nitrogens with zero attached hydrogens (tertiary/aromatic N) is 2. The van der Waals surface area contributed by atoms with Crippen molar-refractivity contribution in [2.24, 2.45) is 0 Å². The third-order valence-electron chi connectivity index (χ3n) is 3.13. The minimum absolute atomic E-state index is 0.105. The fraction of sp³-hybridized carbons (Fsp3) is 0.200. The van der Waals surface area contributed by atoms with Crippen molar-refractivity contribution < 1.29 is 17.6 Å². The van der Waals surface area contributed by atoms with Crippen LogP contribution >= 0.6 is 22.9 Å². The quantitative estimate of drug-likeness (QED) is 0.666. The second kappa shape index (κ2) is 6.45. The maximum Gasteiger partial charge on any atom is 0.417 e. The molecule has 0 saturated heterocycles. The van der Waals surface area contributed by atoms with E-state index in [1.807, 2.05) is 12.3 Å². The molecule has 0 aliphatic rings. The van der Waals surface area contributed by atoms with Crippen molar-refractivity contribution in [3.05, 3.63) is 51.1 Å². The fourth-order valence-electron chi connectivity index (χ4n) is 1.98. The highest BCUT2D eigenvalue weighted by molar-refractivity contribution is 7.09. The predicted molar refractivity (Wildman–Crippen MR) is 86.1 cm³/mol. The van der Waals surface area contributed by atoms with Gasteiger partial charge in [0.25, 0.3) is 0 Å². The summed E-state index contributed by atoms with van der Waals surface area (Å²) in [4.78, 5) is 8.04. The van der Waals surface area contributed by atoms with Crippen LogP contribution < -0.4 is 5.32 Å². The summed E-state index contributed by atoms with van der Waals surface area (Å²) in [7, 11) is 0. The van der Waals surface area contributed by atoms with Crippen LogP contribution in [0.4, 0.5) is 19.0 Å². The van der Waals surface area contributed by atoms with Gasteiger partial charge in [-0.3, -0.25) is 0 Å². The number of aromatic nitrogens is 2. The van der Waals surface area contributed by atoms with Crippen molar-refractivity contribution in [1.29, 1.82) is 0 Å². The van der Waals surface area contributed by atoms with E-state index in [2.05, 4.69) is 15.3 Å². The summed E-state index contributed by atoms with van der Waals surface area (Å²) in [6, 6.07) is 4.38. The summed E-state index contributed by atoms with van der Waals surface area (Å²) in [5, 5.41) is 5.57. The van der Waals surface area contributed by atoms with E-state index in [0.717, 1.165) is 23.0 Å². The van der Waals surface area contributed by atoms with Crippen molar-refractivity contribution in [1.82, 2.24) is 9.97 Å². The summed E-state index contributed by atoms with van der Waals surface area (Å²) in [5.74, 6) is 1.38. The lowest BCUT2D eigenvalue weighted by Crippen LogP contribution is -2.07. The number of thiazole rings is 1. The standard InChI is InChI=1S/C15H11ClF3N3OS/c1-8-22-12(7-24-8)13-3-2-10(23-13)6-21-14-11(16)4-9(5-20-14)15(17,18)19/h2-5,7H,6H2,1H3,(H,20,21). The lowest BCUT2D eigenvalue weighted by atomic mass is 10.3. The first-order valence-corrected chi connectivity index (χ1v) is 8.06. The Morgan fingerprint density at radius 1 is 1.33 bits per heavy atom. The highest BCUT2D eigenvalue weighted by Gasteiger charge is 2.31. The van der Waals surface area contributed by atoms with Gasteiger partial charge in [0, 0.05) is 11.6 Å². The zero-order valence-corrected chi connectivity index (χ0v) is 13.9. The highest BCUT2D eigenvalue weighted by Crippen LogP contribution is 2.32. The van der Waals surface area contributed by atoms with E-state index in [1.165, 1.54) is 11.3 Å². The molecule has 0 radical (unpaired) electrons. The average molecular weight is 374 g/mol. The molecule has 24 heavy (non-hydrogen) atoms. The van der Waals surface area contributed by atoms with Crippen LogP contribution in [-0.2, 0) is 12.7 Å². The Kier molecular flexibility index (Phi) is 4.51. The molecule has 3 aromatic rings. The molecule has 0 atom stereocenters. The Labute approximate surface area is 144 Å². The summed E-state index contributed by atoms with van der Waals surface area (Å²) >= 11 is 7.36. The molecule has 0 amide bonds. The van der Waals surface area contributed by atoms with Crippen LogP contribution in [-0.4, -0.2) is 9.97 Å². The molecule has 0 aliphatic heterocycles. The SMILES string of the molecule is Cc1nc(-c2ccc(CNc3ncc(C(F)(F)F)cc3Cl)o2)cs1. The molecule has 0 fully saturated rings. The summed E-state index contributed by atoms with van der Waals surface area (Å²) < 4.78 is 43.4. The summed E-state index contributed by atoms with van der Waals surface area (Å²) in [6.07, 6.45) is -3.74. The van der Waals surface area contributed by atoms with Crippen molar-refractivity contribution in [2.75, 3.05) is 5.32 Å². The van der Waals surface area contributed by atoms with Crippen LogP contribution in [0.1, 0.15) is 16.3 Å². The van der Waals surface area contributed by atoms with Gasteiger partial charge in [-0.25, -0.2) is 9.97 Å². The number of aryl methyl sites for hydroxylation is 1. The van der Waals surface area contributed by atoms with E-state index in [0.29, 0.717) is 11.5 Å². The molecule has 1 N–H and O–H groups in total. The predicted octanol–water partition coefficient (Wildman–Crippen LogP) is 5.39. The Balaban J connectivity index is 1.69. The van der Waals surface area contributed by atoms with Crippen LogP contribution in [0.2, 0.25) is 5.02 Å². The van der Waals surface area contributed by atoms with E-state index >= 15 is 0 Å². The molecule has 126 valence electrons. The van der Waals surface area contributed by atoms with Crippen LogP contribution in [0.25, 0.3) is 11.5 Å². The van der Waals surface area contributed by atoms with Crippen molar-refractivity contribution in [3.63, 3.8) is 0 Å². The largest absolute Gasteiger partial charge is 0.458 e. The molecule has 0 aromatic carbocycles. The highest BCUT2D eigenvalue weighted by atomic mass is 35.5. The van der Waals surface area contributed by atoms with Gasteiger partial charge < -0.3 is 9.73 Å². The third-order valence-corrected chi connectivity index (χ3v) is 4.19. The normalized spacial score (nSPS) is 11.7. The van der Waals surface area contributed by atoms with Gasteiger partial charge in [-0.15, -0.1) is 11.3 Å². The number of nitrogens with one attached hydrogen (secondary N) is 1. The Hall–Kier alpha value is -2.06. The zero-order chi connectivity index (χ0) is 17.3. The number of halogens is 4. The number of hydrogen-bond donors (Lipinski definition) is 1. The number of furan rings is 1. The van der Waals surface area contributed by atoms with Gasteiger partial charge in [0.2, 0.25) is 0 Å². The molecule has 9 heteroatoms. The van der Waals surface area contributed by atoms with Crippen molar-refractivity contribution >= 4 is 28.8 Å². The molecule has 0 unspecified atom stereocenters. The monoisotopic (exact) mass is 373 g/mol. The average Bonchev–Trinajstić information content (AvgIpc) is 3.13. The van der Waals surface area contributed by atoms with E-state index in [-0.39, 0.29) is 17.4 Å².